The van der Waals surface area contributed by atoms with Gasteiger partial charge >= 0.3 is 0 Å². The summed E-state index contributed by atoms with van der Waals surface area (Å²) >= 11 is 0. The van der Waals surface area contributed by atoms with E-state index in [1.807, 2.05) is 13.0 Å². The van der Waals surface area contributed by atoms with Gasteiger partial charge in [-0.3, -0.25) is 9.59 Å². The van der Waals surface area contributed by atoms with Crippen LogP contribution >= 0.6 is 0 Å². The van der Waals surface area contributed by atoms with Crippen molar-refractivity contribution in [1.82, 2.24) is 0 Å². The minimum atomic E-state index is -0.228. The molecule has 1 N–H and O–H groups in total. The van der Waals surface area contributed by atoms with E-state index in [-0.39, 0.29) is 30.3 Å². The van der Waals surface area contributed by atoms with E-state index >= 15 is 0 Å². The van der Waals surface area contributed by atoms with E-state index < -0.39 is 0 Å². The van der Waals surface area contributed by atoms with Crippen LogP contribution in [0.25, 0.3) is 0 Å². The maximum absolute atomic E-state index is 11.7. The Morgan fingerprint density at radius 2 is 1.85 bits per heavy atom. The average molecular weight is 351 g/mol. The minimum Gasteiger partial charge on any atom is -0.507 e. The number of ether oxygens (including phenoxy) is 1. The lowest BCUT2D eigenvalue weighted by atomic mass is 9.97. The van der Waals surface area contributed by atoms with Crippen LogP contribution in [0.5, 0.6) is 11.5 Å². The minimum absolute atomic E-state index is 0.0258. The van der Waals surface area contributed by atoms with Crippen LogP contribution in [-0.2, 0) is 13.0 Å². The van der Waals surface area contributed by atoms with Gasteiger partial charge < -0.3 is 9.84 Å². The maximum atomic E-state index is 11.7. The highest BCUT2D eigenvalue weighted by Gasteiger charge is 2.15. The number of nitrogens with zero attached hydrogens (tertiary/aromatic N) is 1. The first-order valence-corrected chi connectivity index (χ1v) is 8.45. The molecule has 0 aliphatic rings. The molecule has 0 unspecified atom stereocenters. The number of aromatic hydroxyl groups is 1. The molecule has 5 nitrogen and oxygen atoms in total. The number of phenols is 1. The summed E-state index contributed by atoms with van der Waals surface area (Å²) in [6.45, 7) is 3.67. The highest BCUT2D eigenvalue weighted by molar-refractivity contribution is 5.97. The first kappa shape index (κ1) is 19.2. The summed E-state index contributed by atoms with van der Waals surface area (Å²) in [5.74, 6) is 0.202. The molecule has 26 heavy (non-hydrogen) atoms. The number of benzene rings is 2. The number of rotatable bonds is 8. The van der Waals surface area contributed by atoms with E-state index in [0.717, 1.165) is 17.5 Å². The van der Waals surface area contributed by atoms with E-state index in [4.69, 9.17) is 10.00 Å². The highest BCUT2D eigenvalue weighted by Crippen LogP contribution is 2.29. The van der Waals surface area contributed by atoms with Crippen molar-refractivity contribution in [2.45, 2.75) is 39.7 Å². The number of carbonyl (C=O) groups is 2. The lowest BCUT2D eigenvalue weighted by molar-refractivity contribution is 0.0993. The monoisotopic (exact) mass is 351 g/mol. The molecular weight excluding hydrogens is 330 g/mol. The molecule has 2 rings (SSSR count). The molecule has 0 fully saturated rings. The van der Waals surface area contributed by atoms with Crippen molar-refractivity contribution in [2.24, 2.45) is 0 Å². The molecule has 0 aliphatic carbocycles. The zero-order chi connectivity index (χ0) is 19.1. The van der Waals surface area contributed by atoms with Crippen molar-refractivity contribution in [3.63, 3.8) is 0 Å². The van der Waals surface area contributed by atoms with E-state index in [2.05, 4.69) is 0 Å². The summed E-state index contributed by atoms with van der Waals surface area (Å²) in [4.78, 5) is 23.3. The van der Waals surface area contributed by atoms with Crippen molar-refractivity contribution in [2.75, 3.05) is 0 Å². The molecule has 0 radical (unpaired) electrons. The van der Waals surface area contributed by atoms with Gasteiger partial charge in [0.15, 0.2) is 11.6 Å². The molecule has 2 aromatic carbocycles. The van der Waals surface area contributed by atoms with Gasteiger partial charge in [0.2, 0.25) is 0 Å². The van der Waals surface area contributed by atoms with Crippen LogP contribution < -0.4 is 4.74 Å². The third-order valence-electron chi connectivity index (χ3n) is 4.07. The number of phenolic OH excluding ortho intramolecular Hbond substituents is 1. The van der Waals surface area contributed by atoms with Crippen LogP contribution in [0.2, 0.25) is 0 Å². The van der Waals surface area contributed by atoms with Crippen molar-refractivity contribution in [3.05, 3.63) is 58.7 Å². The topological polar surface area (TPSA) is 87.4 Å². The predicted octanol–water partition coefficient (Wildman–Crippen LogP) is 4.22. The van der Waals surface area contributed by atoms with Gasteiger partial charge in [-0.15, -0.1) is 0 Å². The second-order valence-corrected chi connectivity index (χ2v) is 5.98. The molecule has 0 amide bonds. The zero-order valence-corrected chi connectivity index (χ0v) is 14.9. The van der Waals surface area contributed by atoms with Crippen molar-refractivity contribution in [3.8, 4) is 17.6 Å². The first-order valence-electron chi connectivity index (χ1n) is 8.45. The Balaban J connectivity index is 2.16. The number of carbonyl (C=O) groups excluding carboxylic acids is 2. The summed E-state index contributed by atoms with van der Waals surface area (Å²) in [5.41, 5.74) is 2.33. The quantitative estimate of drug-likeness (QED) is 0.719. The number of ketones is 2. The van der Waals surface area contributed by atoms with Gasteiger partial charge in [0.05, 0.1) is 18.1 Å². The summed E-state index contributed by atoms with van der Waals surface area (Å²) in [7, 11) is 0. The van der Waals surface area contributed by atoms with Crippen molar-refractivity contribution in [1.29, 1.82) is 5.26 Å². The van der Waals surface area contributed by atoms with E-state index in [9.17, 15) is 14.7 Å². The maximum Gasteiger partial charge on any atom is 0.176 e. The van der Waals surface area contributed by atoms with Crippen LogP contribution in [0.3, 0.4) is 0 Å². The summed E-state index contributed by atoms with van der Waals surface area (Å²) in [6.07, 6.45) is 1.33. The second-order valence-electron chi connectivity index (χ2n) is 5.98. The number of nitriles is 1. The molecule has 0 bridgehead atoms. The fourth-order valence-corrected chi connectivity index (χ4v) is 2.70. The fraction of sp³-hybridized carbons (Fsp3) is 0.286. The Morgan fingerprint density at radius 1 is 1.15 bits per heavy atom. The Bertz CT molecular complexity index is 848. The molecule has 0 atom stereocenters. The lowest BCUT2D eigenvalue weighted by Gasteiger charge is -2.14. The molecule has 0 heterocycles. The molecular formula is C21H21NO4. The standard InChI is InChI=1S/C21H21NO4/c1-3-4-19-16(7-10-18(14(2)23)21(19)25)13-26-17-8-5-15(6-9-17)20(24)11-12-22/h5-10,25H,3-4,11,13H2,1-2H3. The highest BCUT2D eigenvalue weighted by atomic mass is 16.5. The van der Waals surface area contributed by atoms with E-state index in [0.29, 0.717) is 23.3 Å². The van der Waals surface area contributed by atoms with Gasteiger partial charge in [-0.05, 0) is 49.2 Å². The van der Waals surface area contributed by atoms with Crippen molar-refractivity contribution < 1.29 is 19.4 Å². The van der Waals surface area contributed by atoms with Gasteiger partial charge in [-0.1, -0.05) is 19.4 Å². The Hall–Kier alpha value is -3.13. The summed E-state index contributed by atoms with van der Waals surface area (Å²) < 4.78 is 5.76. The molecule has 0 aliphatic heterocycles. The SMILES string of the molecule is CCCc1c(COc2ccc(C(=O)CC#N)cc2)ccc(C(C)=O)c1O. The Morgan fingerprint density at radius 3 is 2.42 bits per heavy atom. The molecule has 0 saturated heterocycles. The third kappa shape index (κ3) is 4.48. The van der Waals surface area contributed by atoms with E-state index in [1.165, 1.54) is 6.92 Å². The smallest absolute Gasteiger partial charge is 0.176 e. The average Bonchev–Trinajstić information content (AvgIpc) is 2.62. The summed E-state index contributed by atoms with van der Waals surface area (Å²) in [5, 5.41) is 18.9. The molecule has 2 aromatic rings. The number of Topliss-reactive ketones (excluding diaryl/α,β-unsaturated/α-hetero) is 2. The zero-order valence-electron chi connectivity index (χ0n) is 14.9. The normalized spacial score (nSPS) is 10.2. The Labute approximate surface area is 152 Å². The lowest BCUT2D eigenvalue weighted by Crippen LogP contribution is -2.04. The van der Waals surface area contributed by atoms with Crippen LogP contribution in [0.1, 0.15) is 58.5 Å². The van der Waals surface area contributed by atoms with Gasteiger partial charge in [-0.25, -0.2) is 0 Å². The molecule has 0 aromatic heterocycles. The number of hydrogen-bond donors (Lipinski definition) is 1. The predicted molar refractivity (Wildman–Crippen MR) is 97.4 cm³/mol. The van der Waals surface area contributed by atoms with Crippen LogP contribution in [0, 0.1) is 11.3 Å². The van der Waals surface area contributed by atoms with Crippen LogP contribution in [0.4, 0.5) is 0 Å². The molecule has 134 valence electrons. The summed E-state index contributed by atoms with van der Waals surface area (Å²) in [6, 6.07) is 11.8. The van der Waals surface area contributed by atoms with Gasteiger partial charge in [0.25, 0.3) is 0 Å². The number of hydrogen-bond acceptors (Lipinski definition) is 5. The largest absolute Gasteiger partial charge is 0.507 e. The second kappa shape index (κ2) is 8.82. The molecule has 0 saturated carbocycles. The molecule has 0 spiro atoms. The Kier molecular flexibility index (Phi) is 6.51. The van der Waals surface area contributed by atoms with Crippen LogP contribution in [0.15, 0.2) is 36.4 Å². The third-order valence-corrected chi connectivity index (χ3v) is 4.07. The van der Waals surface area contributed by atoms with E-state index in [1.54, 1.807) is 36.4 Å². The fourth-order valence-electron chi connectivity index (χ4n) is 2.70. The molecule has 5 heteroatoms. The van der Waals surface area contributed by atoms with Crippen molar-refractivity contribution >= 4 is 11.6 Å². The first-order chi connectivity index (χ1) is 12.5. The van der Waals surface area contributed by atoms with Gasteiger partial charge in [0, 0.05) is 11.1 Å². The van der Waals surface area contributed by atoms with Crippen LogP contribution in [-0.4, -0.2) is 16.7 Å². The van der Waals surface area contributed by atoms with Gasteiger partial charge in [0.1, 0.15) is 18.1 Å². The van der Waals surface area contributed by atoms with Gasteiger partial charge in [-0.2, -0.15) is 5.26 Å².